The fraction of sp³-hybridized carbons (Fsp3) is 0.444. The van der Waals surface area contributed by atoms with Crippen LogP contribution in [0.15, 0.2) is 24.5 Å². The van der Waals surface area contributed by atoms with Crippen molar-refractivity contribution in [2.45, 2.75) is 46.6 Å². The number of pyridine rings is 1. The number of nitrogens with zero attached hydrogens (tertiary/aromatic N) is 4. The highest BCUT2D eigenvalue weighted by Gasteiger charge is 2.17. The highest BCUT2D eigenvalue weighted by atomic mass is 16.5. The van der Waals surface area contributed by atoms with Gasteiger partial charge in [-0.1, -0.05) is 13.8 Å². The van der Waals surface area contributed by atoms with E-state index in [-0.39, 0.29) is 17.6 Å². The smallest absolute Gasteiger partial charge is 0.338 e. The molecule has 0 amide bonds. The molecular formula is C18H24N4O3. The molecule has 0 unspecified atom stereocenters. The summed E-state index contributed by atoms with van der Waals surface area (Å²) in [7, 11) is 0. The summed E-state index contributed by atoms with van der Waals surface area (Å²) in [6, 6.07) is 3.90. The molecule has 0 aliphatic rings. The van der Waals surface area contributed by atoms with Crippen molar-refractivity contribution in [3.8, 4) is 5.88 Å². The second-order valence-corrected chi connectivity index (χ2v) is 6.21. The van der Waals surface area contributed by atoms with Crippen LogP contribution in [0.25, 0.3) is 0 Å². The number of carbonyl (C=O) groups is 1. The molecule has 134 valence electrons. The summed E-state index contributed by atoms with van der Waals surface area (Å²) in [5, 5.41) is 8.97. The summed E-state index contributed by atoms with van der Waals surface area (Å²) in [5.41, 5.74) is 1.09. The summed E-state index contributed by atoms with van der Waals surface area (Å²) in [5.74, 6) is 0.889. The Morgan fingerprint density at radius 1 is 1.20 bits per heavy atom. The molecule has 0 atom stereocenters. The third-order valence-corrected chi connectivity index (χ3v) is 3.56. The predicted molar refractivity (Wildman–Crippen MR) is 95.8 cm³/mol. The number of carboxylic acids is 1. The zero-order valence-corrected chi connectivity index (χ0v) is 15.2. The molecule has 0 saturated heterocycles. The van der Waals surface area contributed by atoms with E-state index in [1.54, 1.807) is 0 Å². The number of rotatable bonds is 7. The van der Waals surface area contributed by atoms with Gasteiger partial charge in [0.25, 0.3) is 0 Å². The van der Waals surface area contributed by atoms with Gasteiger partial charge in [-0.25, -0.2) is 14.8 Å². The molecule has 0 bridgehead atoms. The van der Waals surface area contributed by atoms with Crippen molar-refractivity contribution in [2.24, 2.45) is 0 Å². The molecule has 25 heavy (non-hydrogen) atoms. The van der Waals surface area contributed by atoms with Crippen molar-refractivity contribution in [2.75, 3.05) is 11.4 Å². The SMILES string of the molecule is CCN(c1ccc(C(C)C)c(OC(C)C)n1)c1ncc(C(=O)O)cn1. The standard InChI is InChI=1S/C18H24N4O3/c1-6-22(18-19-9-13(10-20-18)17(23)24)15-8-7-14(11(2)3)16(21-15)25-12(4)5/h7-12H,6H2,1-5H3,(H,23,24). The van der Waals surface area contributed by atoms with Crippen LogP contribution in [0, 0.1) is 0 Å². The van der Waals surface area contributed by atoms with Crippen LogP contribution in [0.3, 0.4) is 0 Å². The molecule has 0 aliphatic carbocycles. The molecule has 2 aromatic rings. The quantitative estimate of drug-likeness (QED) is 0.820. The third kappa shape index (κ3) is 4.43. The van der Waals surface area contributed by atoms with E-state index in [0.29, 0.717) is 24.2 Å². The summed E-state index contributed by atoms with van der Waals surface area (Å²) >= 11 is 0. The number of ether oxygens (including phenoxy) is 1. The van der Waals surface area contributed by atoms with Crippen molar-refractivity contribution in [3.05, 3.63) is 35.7 Å². The lowest BCUT2D eigenvalue weighted by atomic mass is 10.1. The third-order valence-electron chi connectivity index (χ3n) is 3.56. The Kier molecular flexibility index (Phi) is 5.90. The minimum atomic E-state index is -1.05. The van der Waals surface area contributed by atoms with Crippen LogP contribution >= 0.6 is 0 Å². The largest absolute Gasteiger partial charge is 0.478 e. The molecule has 0 saturated carbocycles. The van der Waals surface area contributed by atoms with Crippen molar-refractivity contribution >= 4 is 17.7 Å². The first-order valence-electron chi connectivity index (χ1n) is 8.34. The minimum absolute atomic E-state index is 0.0152. The number of hydrogen-bond acceptors (Lipinski definition) is 6. The van der Waals surface area contributed by atoms with Gasteiger partial charge in [0, 0.05) is 24.5 Å². The Bertz CT molecular complexity index is 730. The number of anilines is 2. The zero-order valence-electron chi connectivity index (χ0n) is 15.2. The summed E-state index contributed by atoms with van der Waals surface area (Å²) in [6.07, 6.45) is 2.60. The second kappa shape index (κ2) is 7.92. The van der Waals surface area contributed by atoms with Crippen LogP contribution in [-0.4, -0.2) is 38.7 Å². The molecule has 1 N–H and O–H groups in total. The Hall–Kier alpha value is -2.70. The van der Waals surface area contributed by atoms with Gasteiger partial charge in [-0.2, -0.15) is 4.98 Å². The van der Waals surface area contributed by atoms with Gasteiger partial charge in [0.1, 0.15) is 5.82 Å². The van der Waals surface area contributed by atoms with E-state index >= 15 is 0 Å². The Balaban J connectivity index is 2.41. The Morgan fingerprint density at radius 2 is 1.84 bits per heavy atom. The molecule has 7 nitrogen and oxygen atoms in total. The van der Waals surface area contributed by atoms with Gasteiger partial charge in [0.2, 0.25) is 11.8 Å². The lowest BCUT2D eigenvalue weighted by Gasteiger charge is -2.22. The molecule has 0 radical (unpaired) electrons. The molecule has 2 rings (SSSR count). The average molecular weight is 344 g/mol. The number of aromatic carboxylic acids is 1. The average Bonchev–Trinajstić information content (AvgIpc) is 2.55. The summed E-state index contributed by atoms with van der Waals surface area (Å²) in [6.45, 7) is 10.6. The van der Waals surface area contributed by atoms with E-state index in [1.807, 2.05) is 37.8 Å². The molecule has 2 heterocycles. The van der Waals surface area contributed by atoms with Gasteiger partial charge in [-0.15, -0.1) is 0 Å². The van der Waals surface area contributed by atoms with E-state index in [9.17, 15) is 4.79 Å². The van der Waals surface area contributed by atoms with Crippen molar-refractivity contribution in [3.63, 3.8) is 0 Å². The fourth-order valence-corrected chi connectivity index (χ4v) is 2.33. The van der Waals surface area contributed by atoms with Crippen LogP contribution in [0.5, 0.6) is 5.88 Å². The van der Waals surface area contributed by atoms with Gasteiger partial charge < -0.3 is 9.84 Å². The molecular weight excluding hydrogens is 320 g/mol. The zero-order chi connectivity index (χ0) is 18.6. The Morgan fingerprint density at radius 3 is 2.32 bits per heavy atom. The maximum Gasteiger partial charge on any atom is 0.338 e. The van der Waals surface area contributed by atoms with Crippen LogP contribution in [-0.2, 0) is 0 Å². The van der Waals surface area contributed by atoms with E-state index in [2.05, 4.69) is 28.8 Å². The maximum absolute atomic E-state index is 10.9. The molecule has 7 heteroatoms. The Labute approximate surface area is 147 Å². The topological polar surface area (TPSA) is 88.4 Å². The summed E-state index contributed by atoms with van der Waals surface area (Å²) < 4.78 is 5.87. The van der Waals surface area contributed by atoms with Crippen LogP contribution in [0.4, 0.5) is 11.8 Å². The monoisotopic (exact) mass is 344 g/mol. The van der Waals surface area contributed by atoms with E-state index < -0.39 is 5.97 Å². The predicted octanol–water partition coefficient (Wildman–Crippen LogP) is 3.64. The summed E-state index contributed by atoms with van der Waals surface area (Å²) in [4.78, 5) is 25.7. The van der Waals surface area contributed by atoms with Gasteiger partial charge >= 0.3 is 5.97 Å². The molecule has 0 fully saturated rings. The highest BCUT2D eigenvalue weighted by Crippen LogP contribution is 2.30. The number of aromatic nitrogens is 3. The van der Waals surface area contributed by atoms with Gasteiger partial charge in [0.15, 0.2) is 0 Å². The van der Waals surface area contributed by atoms with Gasteiger partial charge in [0.05, 0.1) is 11.7 Å². The van der Waals surface area contributed by atoms with Crippen LogP contribution < -0.4 is 9.64 Å². The molecule has 0 spiro atoms. The van der Waals surface area contributed by atoms with E-state index in [4.69, 9.17) is 9.84 Å². The first kappa shape index (κ1) is 18.6. The normalized spacial score (nSPS) is 11.0. The number of hydrogen-bond donors (Lipinski definition) is 1. The minimum Gasteiger partial charge on any atom is -0.478 e. The van der Waals surface area contributed by atoms with Crippen LogP contribution in [0.2, 0.25) is 0 Å². The first-order chi connectivity index (χ1) is 11.8. The molecule has 0 aliphatic heterocycles. The van der Waals surface area contributed by atoms with Crippen molar-refractivity contribution < 1.29 is 14.6 Å². The molecule has 0 aromatic carbocycles. The number of carboxylic acid groups (broad SMARTS) is 1. The van der Waals surface area contributed by atoms with Gasteiger partial charge in [-0.05, 0) is 38.8 Å². The lowest BCUT2D eigenvalue weighted by Crippen LogP contribution is -2.21. The second-order valence-electron chi connectivity index (χ2n) is 6.21. The highest BCUT2D eigenvalue weighted by molar-refractivity contribution is 5.86. The van der Waals surface area contributed by atoms with Crippen molar-refractivity contribution in [1.82, 2.24) is 15.0 Å². The van der Waals surface area contributed by atoms with E-state index in [1.165, 1.54) is 12.4 Å². The maximum atomic E-state index is 10.9. The van der Waals surface area contributed by atoms with E-state index in [0.717, 1.165) is 5.56 Å². The lowest BCUT2D eigenvalue weighted by molar-refractivity contribution is 0.0696. The van der Waals surface area contributed by atoms with Crippen molar-refractivity contribution in [1.29, 1.82) is 0 Å². The first-order valence-corrected chi connectivity index (χ1v) is 8.34. The van der Waals surface area contributed by atoms with Crippen LogP contribution in [0.1, 0.15) is 56.5 Å². The van der Waals surface area contributed by atoms with Gasteiger partial charge in [-0.3, -0.25) is 4.90 Å². The fourth-order valence-electron chi connectivity index (χ4n) is 2.33. The molecule has 2 aromatic heterocycles.